The zero-order chi connectivity index (χ0) is 16.3. The summed E-state index contributed by atoms with van der Waals surface area (Å²) in [5.74, 6) is -0.678. The lowest BCUT2D eigenvalue weighted by Crippen LogP contribution is -2.41. The van der Waals surface area contributed by atoms with E-state index in [1.165, 1.54) is 10.7 Å². The highest BCUT2D eigenvalue weighted by atomic mass is 28.4. The number of rotatable bonds is 7. The highest BCUT2D eigenvalue weighted by molar-refractivity contribution is 6.74. The number of aromatic carboxylic acids is 1. The van der Waals surface area contributed by atoms with E-state index in [9.17, 15) is 9.90 Å². The Hall–Kier alpha value is -1.34. The quantitative estimate of drug-likeness (QED) is 0.783. The number of carboxylic acids is 1. The SMILES string of the molecule is CCOc1cc(C(=O)O)n(CCO[Si](C)(C)C(C)(C)C)n1. The van der Waals surface area contributed by atoms with Gasteiger partial charge in [-0.15, -0.1) is 5.10 Å². The molecule has 0 fully saturated rings. The molecule has 120 valence electrons. The van der Waals surface area contributed by atoms with Crippen LogP contribution in [-0.4, -0.2) is 42.4 Å². The molecule has 0 aliphatic rings. The Kier molecular flexibility index (Phi) is 5.58. The molecule has 0 saturated carbocycles. The van der Waals surface area contributed by atoms with Gasteiger partial charge in [0, 0.05) is 6.07 Å². The zero-order valence-corrected chi connectivity index (χ0v) is 14.8. The first-order valence-corrected chi connectivity index (χ1v) is 10.1. The van der Waals surface area contributed by atoms with Gasteiger partial charge in [-0.3, -0.25) is 4.68 Å². The van der Waals surface area contributed by atoms with Gasteiger partial charge in [0.25, 0.3) is 0 Å². The van der Waals surface area contributed by atoms with Crippen LogP contribution in [0.25, 0.3) is 0 Å². The average Bonchev–Trinajstić information content (AvgIpc) is 2.71. The van der Waals surface area contributed by atoms with Gasteiger partial charge in [0.05, 0.1) is 19.8 Å². The average molecular weight is 314 g/mol. The lowest BCUT2D eigenvalue weighted by molar-refractivity contribution is 0.0682. The lowest BCUT2D eigenvalue weighted by atomic mass is 10.2. The zero-order valence-electron chi connectivity index (χ0n) is 13.8. The number of carbonyl (C=O) groups is 1. The van der Waals surface area contributed by atoms with Gasteiger partial charge in [0.1, 0.15) is 5.69 Å². The summed E-state index contributed by atoms with van der Waals surface area (Å²) in [6, 6.07) is 1.44. The van der Waals surface area contributed by atoms with Crippen molar-refractivity contribution in [1.29, 1.82) is 0 Å². The van der Waals surface area contributed by atoms with E-state index >= 15 is 0 Å². The van der Waals surface area contributed by atoms with Crippen molar-refractivity contribution < 1.29 is 19.1 Å². The Morgan fingerprint density at radius 3 is 2.52 bits per heavy atom. The van der Waals surface area contributed by atoms with Crippen molar-refractivity contribution in [2.24, 2.45) is 0 Å². The molecule has 0 aromatic carbocycles. The van der Waals surface area contributed by atoms with E-state index in [0.29, 0.717) is 25.6 Å². The molecule has 0 amide bonds. The first-order chi connectivity index (χ1) is 9.58. The fraction of sp³-hybridized carbons (Fsp3) is 0.714. The molecule has 0 spiro atoms. The Bertz CT molecular complexity index is 492. The third-order valence-electron chi connectivity index (χ3n) is 3.84. The molecule has 21 heavy (non-hydrogen) atoms. The van der Waals surface area contributed by atoms with Crippen molar-refractivity contribution in [3.63, 3.8) is 0 Å². The summed E-state index contributed by atoms with van der Waals surface area (Å²) in [6.45, 7) is 14.0. The highest BCUT2D eigenvalue weighted by Gasteiger charge is 2.37. The number of ether oxygens (including phenoxy) is 1. The minimum atomic E-state index is -1.83. The van der Waals surface area contributed by atoms with Crippen LogP contribution in [0.5, 0.6) is 5.88 Å². The van der Waals surface area contributed by atoms with Gasteiger partial charge in [0.2, 0.25) is 5.88 Å². The Labute approximate surface area is 127 Å². The van der Waals surface area contributed by atoms with Crippen LogP contribution in [0.1, 0.15) is 38.2 Å². The summed E-state index contributed by atoms with van der Waals surface area (Å²) in [4.78, 5) is 11.2. The maximum absolute atomic E-state index is 11.2. The first kappa shape index (κ1) is 17.7. The second-order valence-electron chi connectivity index (χ2n) is 6.44. The molecule has 1 N–H and O–H groups in total. The number of carboxylic acid groups (broad SMARTS) is 1. The molecule has 1 aromatic heterocycles. The molecular formula is C14H26N2O4Si. The van der Waals surface area contributed by atoms with E-state index in [1.807, 2.05) is 6.92 Å². The molecule has 7 heteroatoms. The van der Waals surface area contributed by atoms with Crippen LogP contribution in [0.4, 0.5) is 0 Å². The normalized spacial score (nSPS) is 12.5. The van der Waals surface area contributed by atoms with Crippen LogP contribution in [0, 0.1) is 0 Å². The fourth-order valence-corrected chi connectivity index (χ4v) is 2.59. The predicted molar refractivity (Wildman–Crippen MR) is 83.5 cm³/mol. The summed E-state index contributed by atoms with van der Waals surface area (Å²) in [6.07, 6.45) is 0. The summed E-state index contributed by atoms with van der Waals surface area (Å²) >= 11 is 0. The topological polar surface area (TPSA) is 73.6 Å². The van der Waals surface area contributed by atoms with E-state index in [2.05, 4.69) is 39.0 Å². The van der Waals surface area contributed by atoms with Crippen LogP contribution in [0.15, 0.2) is 6.07 Å². The largest absolute Gasteiger partial charge is 0.477 e. The van der Waals surface area contributed by atoms with Crippen molar-refractivity contribution in [2.75, 3.05) is 13.2 Å². The summed E-state index contributed by atoms with van der Waals surface area (Å²) < 4.78 is 12.7. The molecule has 0 aliphatic heterocycles. The van der Waals surface area contributed by atoms with Crippen LogP contribution >= 0.6 is 0 Å². The van der Waals surface area contributed by atoms with Crippen molar-refractivity contribution >= 4 is 14.3 Å². The summed E-state index contributed by atoms with van der Waals surface area (Å²) in [7, 11) is -1.83. The smallest absolute Gasteiger partial charge is 0.354 e. The maximum atomic E-state index is 11.2. The minimum Gasteiger partial charge on any atom is -0.477 e. The molecule has 0 radical (unpaired) electrons. The van der Waals surface area contributed by atoms with Gasteiger partial charge in [-0.2, -0.15) is 0 Å². The van der Waals surface area contributed by atoms with Crippen LogP contribution < -0.4 is 4.74 Å². The Morgan fingerprint density at radius 2 is 2.05 bits per heavy atom. The molecule has 0 aliphatic carbocycles. The van der Waals surface area contributed by atoms with Crippen molar-refractivity contribution in [3.05, 3.63) is 11.8 Å². The molecular weight excluding hydrogens is 288 g/mol. The second-order valence-corrected chi connectivity index (χ2v) is 11.2. The third kappa shape index (κ3) is 4.57. The molecule has 6 nitrogen and oxygen atoms in total. The minimum absolute atomic E-state index is 0.122. The van der Waals surface area contributed by atoms with Gasteiger partial charge >= 0.3 is 5.97 Å². The van der Waals surface area contributed by atoms with E-state index in [1.54, 1.807) is 0 Å². The van der Waals surface area contributed by atoms with Crippen molar-refractivity contribution in [1.82, 2.24) is 9.78 Å². The maximum Gasteiger partial charge on any atom is 0.354 e. The molecule has 1 aromatic rings. The number of nitrogens with zero attached hydrogens (tertiary/aromatic N) is 2. The van der Waals surface area contributed by atoms with Crippen LogP contribution in [0.2, 0.25) is 18.1 Å². The summed E-state index contributed by atoms with van der Waals surface area (Å²) in [5, 5.41) is 13.5. The number of hydrogen-bond donors (Lipinski definition) is 1. The molecule has 0 atom stereocenters. The Balaban J connectivity index is 2.73. The van der Waals surface area contributed by atoms with Crippen LogP contribution in [-0.2, 0) is 11.0 Å². The second kappa shape index (κ2) is 6.61. The van der Waals surface area contributed by atoms with Crippen molar-refractivity contribution in [3.8, 4) is 5.88 Å². The molecule has 0 unspecified atom stereocenters. The Morgan fingerprint density at radius 1 is 1.43 bits per heavy atom. The van der Waals surface area contributed by atoms with Gasteiger partial charge in [-0.1, -0.05) is 20.8 Å². The standard InChI is InChI=1S/C14H26N2O4Si/c1-7-19-12-10-11(13(17)18)16(15-12)8-9-20-21(5,6)14(2,3)4/h10H,7-9H2,1-6H3,(H,17,18). The summed E-state index contributed by atoms with van der Waals surface area (Å²) in [5.41, 5.74) is 0.122. The van der Waals surface area contributed by atoms with Crippen molar-refractivity contribution in [2.45, 2.75) is 52.4 Å². The monoisotopic (exact) mass is 314 g/mol. The van der Waals surface area contributed by atoms with Gasteiger partial charge in [-0.05, 0) is 25.1 Å². The predicted octanol–water partition coefficient (Wildman–Crippen LogP) is 3.00. The van der Waals surface area contributed by atoms with E-state index in [4.69, 9.17) is 9.16 Å². The highest BCUT2D eigenvalue weighted by Crippen LogP contribution is 2.36. The fourth-order valence-electron chi connectivity index (χ4n) is 1.56. The van der Waals surface area contributed by atoms with Gasteiger partial charge in [0.15, 0.2) is 8.32 Å². The van der Waals surface area contributed by atoms with E-state index in [0.717, 1.165) is 0 Å². The van der Waals surface area contributed by atoms with Gasteiger partial charge in [-0.25, -0.2) is 4.79 Å². The molecule has 1 heterocycles. The lowest BCUT2D eigenvalue weighted by Gasteiger charge is -2.36. The number of hydrogen-bond acceptors (Lipinski definition) is 4. The van der Waals surface area contributed by atoms with Crippen LogP contribution in [0.3, 0.4) is 0 Å². The molecule has 0 saturated heterocycles. The third-order valence-corrected chi connectivity index (χ3v) is 8.38. The first-order valence-electron chi connectivity index (χ1n) is 7.16. The van der Waals surface area contributed by atoms with E-state index < -0.39 is 14.3 Å². The van der Waals surface area contributed by atoms with Gasteiger partial charge < -0.3 is 14.3 Å². The molecule has 1 rings (SSSR count). The molecule has 0 bridgehead atoms. The number of aromatic nitrogens is 2. The van der Waals surface area contributed by atoms with E-state index in [-0.39, 0.29) is 10.7 Å².